The van der Waals surface area contributed by atoms with Crippen molar-refractivity contribution in [2.75, 3.05) is 0 Å². The topological polar surface area (TPSA) is 111 Å². The molecule has 0 aromatic heterocycles. The highest BCUT2D eigenvalue weighted by Crippen LogP contribution is 2.23. The summed E-state index contributed by atoms with van der Waals surface area (Å²) in [5, 5.41) is 18.3. The quantitative estimate of drug-likeness (QED) is 0.382. The number of carboxylic acid groups (broad SMARTS) is 1. The molecular formula is C15H12FN3O4. The summed E-state index contributed by atoms with van der Waals surface area (Å²) in [7, 11) is 0. The summed E-state index contributed by atoms with van der Waals surface area (Å²) >= 11 is 0. The lowest BCUT2D eigenvalue weighted by Crippen LogP contribution is -2.36. The first-order chi connectivity index (χ1) is 11.0. The molecule has 2 rings (SSSR count). The van der Waals surface area contributed by atoms with E-state index in [0.717, 1.165) is 18.5 Å². The zero-order valence-corrected chi connectivity index (χ0v) is 11.7. The average Bonchev–Trinajstić information content (AvgIpc) is 2.51. The van der Waals surface area contributed by atoms with Gasteiger partial charge in [-0.05, 0) is 24.3 Å². The second-order valence-electron chi connectivity index (χ2n) is 4.34. The summed E-state index contributed by atoms with van der Waals surface area (Å²) in [4.78, 5) is 26.3. The SMILES string of the molecule is O=C(O)c1ccc(N=CNNC(=O)c2ccccc2F)cc1O. The molecular weight excluding hydrogens is 305 g/mol. The van der Waals surface area contributed by atoms with Crippen molar-refractivity contribution in [1.82, 2.24) is 10.9 Å². The Morgan fingerprint density at radius 2 is 1.87 bits per heavy atom. The Morgan fingerprint density at radius 1 is 1.13 bits per heavy atom. The molecule has 8 heteroatoms. The highest BCUT2D eigenvalue weighted by Gasteiger charge is 2.10. The number of aromatic carboxylic acids is 1. The van der Waals surface area contributed by atoms with Crippen molar-refractivity contribution >= 4 is 23.9 Å². The molecule has 0 aliphatic rings. The number of amides is 1. The van der Waals surface area contributed by atoms with Gasteiger partial charge in [-0.25, -0.2) is 14.2 Å². The summed E-state index contributed by atoms with van der Waals surface area (Å²) in [5.74, 6) is -3.02. The van der Waals surface area contributed by atoms with Crippen LogP contribution < -0.4 is 10.9 Å². The molecule has 0 unspecified atom stereocenters. The Labute approximate surface area is 130 Å². The van der Waals surface area contributed by atoms with E-state index < -0.39 is 23.4 Å². The molecule has 1 amide bonds. The van der Waals surface area contributed by atoms with Gasteiger partial charge in [-0.15, -0.1) is 0 Å². The number of halogens is 1. The van der Waals surface area contributed by atoms with E-state index in [2.05, 4.69) is 15.8 Å². The summed E-state index contributed by atoms with van der Waals surface area (Å²) < 4.78 is 13.4. The van der Waals surface area contributed by atoms with Gasteiger partial charge in [0.1, 0.15) is 23.5 Å². The van der Waals surface area contributed by atoms with Crippen LogP contribution in [0.3, 0.4) is 0 Å². The molecule has 0 radical (unpaired) electrons. The molecule has 0 saturated heterocycles. The van der Waals surface area contributed by atoms with Crippen LogP contribution in [0.5, 0.6) is 5.75 Å². The second-order valence-corrected chi connectivity index (χ2v) is 4.34. The van der Waals surface area contributed by atoms with Gasteiger partial charge < -0.3 is 10.2 Å². The number of aromatic hydroxyl groups is 1. The Morgan fingerprint density at radius 3 is 2.52 bits per heavy atom. The van der Waals surface area contributed by atoms with Crippen molar-refractivity contribution in [3.63, 3.8) is 0 Å². The molecule has 0 atom stereocenters. The fourth-order valence-electron chi connectivity index (χ4n) is 1.70. The van der Waals surface area contributed by atoms with E-state index in [1.807, 2.05) is 0 Å². The van der Waals surface area contributed by atoms with Gasteiger partial charge in [-0.2, -0.15) is 0 Å². The van der Waals surface area contributed by atoms with Gasteiger partial charge in [0.05, 0.1) is 11.3 Å². The van der Waals surface area contributed by atoms with E-state index in [0.29, 0.717) is 0 Å². The first-order valence-electron chi connectivity index (χ1n) is 6.38. The lowest BCUT2D eigenvalue weighted by atomic mass is 10.2. The van der Waals surface area contributed by atoms with Crippen molar-refractivity contribution in [2.45, 2.75) is 0 Å². The third kappa shape index (κ3) is 4.03. The van der Waals surface area contributed by atoms with E-state index in [1.54, 1.807) is 0 Å². The molecule has 0 spiro atoms. The standard InChI is InChI=1S/C15H12FN3O4/c16-12-4-2-1-3-10(12)14(21)19-18-8-17-9-5-6-11(15(22)23)13(20)7-9/h1-8,20H,(H,17,18)(H,19,21)(H,22,23). The maximum Gasteiger partial charge on any atom is 0.339 e. The number of hydrazine groups is 1. The van der Waals surface area contributed by atoms with Crippen LogP contribution in [-0.2, 0) is 0 Å². The predicted molar refractivity (Wildman–Crippen MR) is 80.2 cm³/mol. The zero-order valence-electron chi connectivity index (χ0n) is 11.7. The molecule has 0 bridgehead atoms. The summed E-state index contributed by atoms with van der Waals surface area (Å²) in [6, 6.07) is 9.21. The fourth-order valence-corrected chi connectivity index (χ4v) is 1.70. The van der Waals surface area contributed by atoms with Gasteiger partial charge in [-0.1, -0.05) is 12.1 Å². The smallest absolute Gasteiger partial charge is 0.339 e. The minimum absolute atomic E-state index is 0.128. The number of aliphatic imine (C=N–C) groups is 1. The van der Waals surface area contributed by atoms with Crippen molar-refractivity contribution in [2.24, 2.45) is 4.99 Å². The predicted octanol–water partition coefficient (Wildman–Crippen LogP) is 1.82. The number of benzene rings is 2. The Hall–Kier alpha value is -3.42. The van der Waals surface area contributed by atoms with E-state index in [9.17, 15) is 19.1 Å². The number of hydrogen-bond acceptors (Lipinski definition) is 4. The summed E-state index contributed by atoms with van der Waals surface area (Å²) in [6.07, 6.45) is 1.11. The number of carbonyl (C=O) groups is 2. The minimum Gasteiger partial charge on any atom is -0.507 e. The third-order valence-corrected chi connectivity index (χ3v) is 2.79. The minimum atomic E-state index is -1.26. The van der Waals surface area contributed by atoms with Gasteiger partial charge in [-0.3, -0.25) is 15.6 Å². The molecule has 0 aliphatic heterocycles. The largest absolute Gasteiger partial charge is 0.507 e. The van der Waals surface area contributed by atoms with Crippen LogP contribution in [0.15, 0.2) is 47.5 Å². The van der Waals surface area contributed by atoms with Gasteiger partial charge >= 0.3 is 5.97 Å². The average molecular weight is 317 g/mol. The van der Waals surface area contributed by atoms with Gasteiger partial charge in [0, 0.05) is 6.07 Å². The molecule has 7 nitrogen and oxygen atoms in total. The molecule has 0 saturated carbocycles. The van der Waals surface area contributed by atoms with Crippen LogP contribution >= 0.6 is 0 Å². The number of rotatable bonds is 5. The number of hydrogen-bond donors (Lipinski definition) is 4. The van der Waals surface area contributed by atoms with Gasteiger partial charge in [0.2, 0.25) is 0 Å². The number of carbonyl (C=O) groups excluding carboxylic acids is 1. The maximum absolute atomic E-state index is 13.4. The first kappa shape index (κ1) is 16.0. The zero-order chi connectivity index (χ0) is 16.8. The van der Waals surface area contributed by atoms with Crippen LogP contribution in [0.1, 0.15) is 20.7 Å². The van der Waals surface area contributed by atoms with Crippen molar-refractivity contribution in [1.29, 1.82) is 0 Å². The van der Waals surface area contributed by atoms with Crippen LogP contribution in [-0.4, -0.2) is 28.4 Å². The molecule has 2 aromatic carbocycles. The number of nitrogens with zero attached hydrogens (tertiary/aromatic N) is 1. The number of nitrogens with one attached hydrogen (secondary N) is 2. The molecule has 0 aliphatic carbocycles. The molecule has 0 fully saturated rings. The molecule has 0 heterocycles. The molecule has 4 N–H and O–H groups in total. The Kier molecular flexibility index (Phi) is 4.88. The Bertz CT molecular complexity index is 777. The summed E-state index contributed by atoms with van der Waals surface area (Å²) in [6.45, 7) is 0. The van der Waals surface area contributed by atoms with Crippen LogP contribution in [0, 0.1) is 5.82 Å². The van der Waals surface area contributed by atoms with E-state index in [1.165, 1.54) is 30.3 Å². The van der Waals surface area contributed by atoms with E-state index in [-0.39, 0.29) is 16.8 Å². The van der Waals surface area contributed by atoms with Gasteiger partial charge in [0.15, 0.2) is 0 Å². The lowest BCUT2D eigenvalue weighted by Gasteiger charge is -2.05. The number of phenols is 1. The third-order valence-electron chi connectivity index (χ3n) is 2.79. The van der Waals surface area contributed by atoms with Crippen LogP contribution in [0.25, 0.3) is 0 Å². The molecule has 2 aromatic rings. The lowest BCUT2D eigenvalue weighted by molar-refractivity contribution is 0.0693. The Balaban J connectivity index is 1.95. The van der Waals surface area contributed by atoms with Crippen LogP contribution in [0.4, 0.5) is 10.1 Å². The highest BCUT2D eigenvalue weighted by molar-refractivity contribution is 5.94. The van der Waals surface area contributed by atoms with Crippen LogP contribution in [0.2, 0.25) is 0 Å². The fraction of sp³-hybridized carbons (Fsp3) is 0. The van der Waals surface area contributed by atoms with Crippen molar-refractivity contribution < 1.29 is 24.2 Å². The molecule has 118 valence electrons. The normalized spacial score (nSPS) is 10.5. The van der Waals surface area contributed by atoms with Crippen molar-refractivity contribution in [3.8, 4) is 5.75 Å². The maximum atomic E-state index is 13.4. The molecule has 23 heavy (non-hydrogen) atoms. The highest BCUT2D eigenvalue weighted by atomic mass is 19.1. The van der Waals surface area contributed by atoms with E-state index >= 15 is 0 Å². The monoisotopic (exact) mass is 317 g/mol. The van der Waals surface area contributed by atoms with E-state index in [4.69, 9.17) is 5.11 Å². The second kappa shape index (κ2) is 7.03. The first-order valence-corrected chi connectivity index (χ1v) is 6.38. The van der Waals surface area contributed by atoms with Gasteiger partial charge in [0.25, 0.3) is 5.91 Å². The summed E-state index contributed by atoms with van der Waals surface area (Å²) in [5.41, 5.74) is 4.47. The number of carboxylic acids is 1. The van der Waals surface area contributed by atoms with Crippen molar-refractivity contribution in [3.05, 3.63) is 59.4 Å².